The number of carbonyl (C=O) groups is 2. The minimum absolute atomic E-state index is 0.0409. The first-order valence-corrected chi connectivity index (χ1v) is 8.13. The number of nitrogens with one attached hydrogen (secondary N) is 1. The number of hydrogen-bond acceptors (Lipinski definition) is 4. The molecule has 126 valence electrons. The van der Waals surface area contributed by atoms with E-state index in [1.54, 1.807) is 11.9 Å². The van der Waals surface area contributed by atoms with Crippen LogP contribution in [-0.4, -0.2) is 56.5 Å². The molecule has 1 saturated heterocycles. The van der Waals surface area contributed by atoms with E-state index in [0.717, 1.165) is 25.1 Å². The van der Waals surface area contributed by atoms with E-state index in [9.17, 15) is 9.59 Å². The summed E-state index contributed by atoms with van der Waals surface area (Å²) in [5.74, 6) is 0.0355. The van der Waals surface area contributed by atoms with Gasteiger partial charge in [0.1, 0.15) is 0 Å². The van der Waals surface area contributed by atoms with Crippen LogP contribution in [0.1, 0.15) is 12.8 Å². The first-order valence-electron chi connectivity index (χ1n) is 8.13. The molecule has 1 fully saturated rings. The van der Waals surface area contributed by atoms with Crippen LogP contribution in [0.2, 0.25) is 0 Å². The Hall–Kier alpha value is -1.92. The Balaban J connectivity index is 1.87. The van der Waals surface area contributed by atoms with Gasteiger partial charge >= 0.3 is 0 Å². The Labute approximate surface area is 137 Å². The van der Waals surface area contributed by atoms with Crippen LogP contribution < -0.4 is 16.0 Å². The molecule has 1 aromatic rings. The van der Waals surface area contributed by atoms with Crippen LogP contribution in [0.15, 0.2) is 30.3 Å². The van der Waals surface area contributed by atoms with Gasteiger partial charge in [0.05, 0.1) is 12.5 Å². The predicted octanol–water partition coefficient (Wildman–Crippen LogP) is 0.436. The van der Waals surface area contributed by atoms with E-state index in [2.05, 4.69) is 10.2 Å². The fraction of sp³-hybridized carbons (Fsp3) is 0.529. The number of benzene rings is 1. The number of anilines is 1. The minimum atomic E-state index is -0.0508. The Kier molecular flexibility index (Phi) is 6.55. The van der Waals surface area contributed by atoms with Crippen molar-refractivity contribution in [1.29, 1.82) is 0 Å². The number of likely N-dealkylation sites (tertiary alicyclic amines) is 1. The summed E-state index contributed by atoms with van der Waals surface area (Å²) in [6.45, 7) is 2.78. The fourth-order valence-corrected chi connectivity index (χ4v) is 2.85. The van der Waals surface area contributed by atoms with E-state index >= 15 is 0 Å². The van der Waals surface area contributed by atoms with Gasteiger partial charge in [0, 0.05) is 32.4 Å². The summed E-state index contributed by atoms with van der Waals surface area (Å²) in [6.07, 6.45) is 1.80. The highest BCUT2D eigenvalue weighted by molar-refractivity contribution is 5.94. The highest BCUT2D eigenvalue weighted by atomic mass is 16.2. The summed E-state index contributed by atoms with van der Waals surface area (Å²) in [7, 11) is 1.78. The zero-order valence-electron chi connectivity index (χ0n) is 13.7. The number of carbonyl (C=O) groups excluding carboxylic acids is 2. The van der Waals surface area contributed by atoms with Crippen LogP contribution in [0.4, 0.5) is 5.69 Å². The van der Waals surface area contributed by atoms with Crippen molar-refractivity contribution in [2.75, 3.05) is 44.7 Å². The van der Waals surface area contributed by atoms with Crippen molar-refractivity contribution in [2.24, 2.45) is 11.7 Å². The molecule has 0 aromatic heterocycles. The SMILES string of the molecule is CN(C(=O)CN1CCCC(C(=O)NCCN)C1)c1ccccc1. The maximum atomic E-state index is 12.4. The summed E-state index contributed by atoms with van der Waals surface area (Å²) < 4.78 is 0. The van der Waals surface area contributed by atoms with Gasteiger partial charge in [-0.15, -0.1) is 0 Å². The number of amides is 2. The fourth-order valence-electron chi connectivity index (χ4n) is 2.85. The average molecular weight is 318 g/mol. The third kappa shape index (κ3) is 5.04. The number of hydrogen-bond donors (Lipinski definition) is 2. The monoisotopic (exact) mass is 318 g/mol. The average Bonchev–Trinajstić information content (AvgIpc) is 2.60. The molecular weight excluding hydrogens is 292 g/mol. The Morgan fingerprint density at radius 2 is 2.09 bits per heavy atom. The van der Waals surface area contributed by atoms with E-state index in [1.165, 1.54) is 0 Å². The summed E-state index contributed by atoms with van der Waals surface area (Å²) in [6, 6.07) is 9.58. The van der Waals surface area contributed by atoms with Gasteiger partial charge in [-0.3, -0.25) is 14.5 Å². The minimum Gasteiger partial charge on any atom is -0.355 e. The molecule has 2 rings (SSSR count). The van der Waals surface area contributed by atoms with Crippen molar-refractivity contribution in [1.82, 2.24) is 10.2 Å². The van der Waals surface area contributed by atoms with Crippen molar-refractivity contribution >= 4 is 17.5 Å². The molecule has 6 heteroatoms. The van der Waals surface area contributed by atoms with Crippen LogP contribution in [-0.2, 0) is 9.59 Å². The molecule has 0 spiro atoms. The molecule has 3 N–H and O–H groups in total. The van der Waals surface area contributed by atoms with Gasteiger partial charge in [-0.25, -0.2) is 0 Å². The quantitative estimate of drug-likeness (QED) is 0.797. The van der Waals surface area contributed by atoms with Crippen LogP contribution in [0, 0.1) is 5.92 Å². The first kappa shape index (κ1) is 17.4. The molecular formula is C17H26N4O2. The zero-order valence-corrected chi connectivity index (χ0v) is 13.7. The Bertz CT molecular complexity index is 521. The van der Waals surface area contributed by atoms with Crippen LogP contribution in [0.3, 0.4) is 0 Å². The van der Waals surface area contributed by atoms with Gasteiger partial charge in [0.25, 0.3) is 0 Å². The molecule has 23 heavy (non-hydrogen) atoms. The highest BCUT2D eigenvalue weighted by Crippen LogP contribution is 2.17. The predicted molar refractivity (Wildman–Crippen MR) is 91.1 cm³/mol. The highest BCUT2D eigenvalue weighted by Gasteiger charge is 2.27. The number of rotatable bonds is 6. The third-order valence-corrected chi connectivity index (χ3v) is 4.20. The first-order chi connectivity index (χ1) is 11.1. The number of nitrogens with two attached hydrogens (primary N) is 1. The number of nitrogens with zero attached hydrogens (tertiary/aromatic N) is 2. The van der Waals surface area contributed by atoms with Crippen molar-refractivity contribution < 1.29 is 9.59 Å². The smallest absolute Gasteiger partial charge is 0.240 e. The van der Waals surface area contributed by atoms with E-state index in [0.29, 0.717) is 26.2 Å². The van der Waals surface area contributed by atoms with Crippen molar-refractivity contribution in [3.63, 3.8) is 0 Å². The van der Waals surface area contributed by atoms with Gasteiger partial charge in [0.2, 0.25) is 11.8 Å². The van der Waals surface area contributed by atoms with E-state index in [4.69, 9.17) is 5.73 Å². The van der Waals surface area contributed by atoms with Gasteiger partial charge < -0.3 is 16.0 Å². The molecule has 1 heterocycles. The molecule has 2 amide bonds. The Morgan fingerprint density at radius 3 is 2.78 bits per heavy atom. The lowest BCUT2D eigenvalue weighted by molar-refractivity contribution is -0.128. The number of likely N-dealkylation sites (N-methyl/N-ethyl adjacent to an activating group) is 1. The third-order valence-electron chi connectivity index (χ3n) is 4.20. The molecule has 1 atom stereocenters. The molecule has 0 aliphatic carbocycles. The lowest BCUT2D eigenvalue weighted by Crippen LogP contribution is -2.47. The number of para-hydroxylation sites is 1. The second-order valence-corrected chi connectivity index (χ2v) is 5.94. The topological polar surface area (TPSA) is 78.7 Å². The van der Waals surface area contributed by atoms with Crippen LogP contribution >= 0.6 is 0 Å². The van der Waals surface area contributed by atoms with Crippen LogP contribution in [0.25, 0.3) is 0 Å². The van der Waals surface area contributed by atoms with Gasteiger partial charge in [-0.2, -0.15) is 0 Å². The van der Waals surface area contributed by atoms with Crippen molar-refractivity contribution in [3.8, 4) is 0 Å². The molecule has 1 aliphatic heterocycles. The molecule has 0 saturated carbocycles. The molecule has 1 aromatic carbocycles. The maximum Gasteiger partial charge on any atom is 0.240 e. The van der Waals surface area contributed by atoms with Crippen LogP contribution in [0.5, 0.6) is 0 Å². The van der Waals surface area contributed by atoms with Gasteiger partial charge in [-0.05, 0) is 31.5 Å². The molecule has 1 unspecified atom stereocenters. The van der Waals surface area contributed by atoms with Gasteiger partial charge in [-0.1, -0.05) is 18.2 Å². The maximum absolute atomic E-state index is 12.4. The molecule has 1 aliphatic rings. The summed E-state index contributed by atoms with van der Waals surface area (Å²) >= 11 is 0. The second-order valence-electron chi connectivity index (χ2n) is 5.94. The van der Waals surface area contributed by atoms with E-state index < -0.39 is 0 Å². The number of piperidine rings is 1. The largest absolute Gasteiger partial charge is 0.355 e. The van der Waals surface area contributed by atoms with Gasteiger partial charge in [0.15, 0.2) is 0 Å². The van der Waals surface area contributed by atoms with E-state index in [-0.39, 0.29) is 17.7 Å². The molecule has 6 nitrogen and oxygen atoms in total. The standard InChI is InChI=1S/C17H26N4O2/c1-20(15-7-3-2-4-8-15)16(22)13-21-11-5-6-14(12-21)17(23)19-10-9-18/h2-4,7-8,14H,5-6,9-13,18H2,1H3,(H,19,23). The summed E-state index contributed by atoms with van der Waals surface area (Å²) in [4.78, 5) is 28.2. The van der Waals surface area contributed by atoms with E-state index in [1.807, 2.05) is 30.3 Å². The second kappa shape index (κ2) is 8.64. The Morgan fingerprint density at radius 1 is 1.35 bits per heavy atom. The van der Waals surface area contributed by atoms with Crippen molar-refractivity contribution in [2.45, 2.75) is 12.8 Å². The summed E-state index contributed by atoms with van der Waals surface area (Å²) in [5.41, 5.74) is 6.29. The molecule has 0 radical (unpaired) electrons. The zero-order chi connectivity index (χ0) is 16.7. The lowest BCUT2D eigenvalue weighted by atomic mass is 9.97. The summed E-state index contributed by atoms with van der Waals surface area (Å²) in [5, 5.41) is 2.84. The lowest BCUT2D eigenvalue weighted by Gasteiger charge is -2.32. The van der Waals surface area contributed by atoms with Crippen molar-refractivity contribution in [3.05, 3.63) is 30.3 Å². The molecule has 0 bridgehead atoms. The normalized spacial score (nSPS) is 18.4.